The fourth-order valence-electron chi connectivity index (χ4n) is 4.67. The van der Waals surface area contributed by atoms with Crippen molar-refractivity contribution in [3.63, 3.8) is 0 Å². The van der Waals surface area contributed by atoms with E-state index in [4.69, 9.17) is 14.9 Å². The summed E-state index contributed by atoms with van der Waals surface area (Å²) in [6, 6.07) is 13.3. The molecule has 0 amide bonds. The molecule has 1 aromatic heterocycles. The molecule has 34 heavy (non-hydrogen) atoms. The highest BCUT2D eigenvalue weighted by Crippen LogP contribution is 2.41. The summed E-state index contributed by atoms with van der Waals surface area (Å²) in [6.45, 7) is 0.887. The van der Waals surface area contributed by atoms with Gasteiger partial charge in [-0.15, -0.1) is 11.8 Å². The van der Waals surface area contributed by atoms with Crippen molar-refractivity contribution in [1.29, 1.82) is 0 Å². The SMILES string of the molecule is CSc1nn(CC2CCC(COCC(=O)O)CC2)c(-c2ccccc2)c1-c1cc(F)ccc1F. The summed E-state index contributed by atoms with van der Waals surface area (Å²) in [5.74, 6) is -1.16. The Morgan fingerprint density at radius 3 is 2.50 bits per heavy atom. The molecule has 0 aliphatic heterocycles. The number of hydrogen-bond acceptors (Lipinski definition) is 4. The van der Waals surface area contributed by atoms with E-state index in [1.54, 1.807) is 0 Å². The third-order valence-corrected chi connectivity index (χ3v) is 7.01. The lowest BCUT2D eigenvalue weighted by Gasteiger charge is -2.28. The van der Waals surface area contributed by atoms with Crippen molar-refractivity contribution in [2.24, 2.45) is 11.8 Å². The van der Waals surface area contributed by atoms with Crippen molar-refractivity contribution >= 4 is 17.7 Å². The number of carboxylic acid groups (broad SMARTS) is 1. The fourth-order valence-corrected chi connectivity index (χ4v) is 5.27. The van der Waals surface area contributed by atoms with Gasteiger partial charge < -0.3 is 9.84 Å². The van der Waals surface area contributed by atoms with Gasteiger partial charge in [0.15, 0.2) is 0 Å². The zero-order chi connectivity index (χ0) is 24.1. The monoisotopic (exact) mass is 486 g/mol. The lowest BCUT2D eigenvalue weighted by atomic mass is 9.82. The second kappa shape index (κ2) is 11.1. The van der Waals surface area contributed by atoms with E-state index in [1.165, 1.54) is 17.8 Å². The number of nitrogens with zero attached hydrogens (tertiary/aromatic N) is 2. The largest absolute Gasteiger partial charge is 0.480 e. The third kappa shape index (κ3) is 5.67. The highest BCUT2D eigenvalue weighted by Gasteiger charge is 2.27. The van der Waals surface area contributed by atoms with Gasteiger partial charge in [0.05, 0.1) is 12.3 Å². The normalized spacial score (nSPS) is 18.2. The van der Waals surface area contributed by atoms with Crippen molar-refractivity contribution in [2.75, 3.05) is 19.5 Å². The number of carbonyl (C=O) groups is 1. The van der Waals surface area contributed by atoms with E-state index in [-0.39, 0.29) is 12.2 Å². The maximum atomic E-state index is 14.9. The number of benzene rings is 2. The Bertz CT molecular complexity index is 1130. The lowest BCUT2D eigenvalue weighted by molar-refractivity contribution is -0.142. The molecule has 180 valence electrons. The van der Waals surface area contributed by atoms with E-state index in [2.05, 4.69) is 0 Å². The van der Waals surface area contributed by atoms with Crippen LogP contribution in [0.4, 0.5) is 8.78 Å². The highest BCUT2D eigenvalue weighted by atomic mass is 32.2. The Morgan fingerprint density at radius 2 is 1.82 bits per heavy atom. The average Bonchev–Trinajstić information content (AvgIpc) is 3.20. The third-order valence-electron chi connectivity index (χ3n) is 6.34. The van der Waals surface area contributed by atoms with Gasteiger partial charge in [-0.2, -0.15) is 5.10 Å². The van der Waals surface area contributed by atoms with E-state index >= 15 is 0 Å². The minimum absolute atomic E-state index is 0.216. The predicted octanol–water partition coefficient (Wildman–Crippen LogP) is 6.12. The molecule has 3 aromatic rings. The molecule has 1 N–H and O–H groups in total. The molecule has 2 aromatic carbocycles. The molecule has 0 unspecified atom stereocenters. The number of halogens is 2. The van der Waals surface area contributed by atoms with Crippen LogP contribution in [0.5, 0.6) is 0 Å². The maximum absolute atomic E-state index is 14.9. The van der Waals surface area contributed by atoms with Crippen molar-refractivity contribution in [1.82, 2.24) is 9.78 Å². The minimum Gasteiger partial charge on any atom is -0.480 e. The molecular weight excluding hydrogens is 458 g/mol. The molecule has 5 nitrogen and oxygen atoms in total. The molecule has 4 rings (SSSR count). The van der Waals surface area contributed by atoms with Gasteiger partial charge in [-0.3, -0.25) is 4.68 Å². The van der Waals surface area contributed by atoms with Crippen molar-refractivity contribution in [2.45, 2.75) is 37.3 Å². The van der Waals surface area contributed by atoms with Gasteiger partial charge in [-0.1, -0.05) is 30.3 Å². The summed E-state index contributed by atoms with van der Waals surface area (Å²) in [6.07, 6.45) is 5.78. The molecule has 0 saturated heterocycles. The summed E-state index contributed by atoms with van der Waals surface area (Å²) in [5.41, 5.74) is 2.53. The smallest absolute Gasteiger partial charge is 0.329 e. The molecular formula is C26H28F2N2O3S. The van der Waals surface area contributed by atoms with Crippen LogP contribution < -0.4 is 0 Å². The zero-order valence-electron chi connectivity index (χ0n) is 19.0. The first kappa shape index (κ1) is 24.4. The summed E-state index contributed by atoms with van der Waals surface area (Å²) in [7, 11) is 0. The van der Waals surface area contributed by atoms with Gasteiger partial charge in [0, 0.05) is 23.2 Å². The van der Waals surface area contributed by atoms with Crippen molar-refractivity contribution < 1.29 is 23.4 Å². The predicted molar refractivity (Wildman–Crippen MR) is 129 cm³/mol. The molecule has 1 saturated carbocycles. The van der Waals surface area contributed by atoms with Crippen LogP contribution in [0.2, 0.25) is 0 Å². The van der Waals surface area contributed by atoms with Gasteiger partial charge in [0.2, 0.25) is 0 Å². The highest BCUT2D eigenvalue weighted by molar-refractivity contribution is 7.98. The Morgan fingerprint density at radius 1 is 1.12 bits per heavy atom. The second-order valence-corrected chi connectivity index (χ2v) is 9.50. The Balaban J connectivity index is 1.62. The topological polar surface area (TPSA) is 64.4 Å². The van der Waals surface area contributed by atoms with Gasteiger partial charge in [-0.25, -0.2) is 13.6 Å². The van der Waals surface area contributed by atoms with Crippen LogP contribution in [0.15, 0.2) is 53.6 Å². The van der Waals surface area contributed by atoms with Crippen LogP contribution >= 0.6 is 11.8 Å². The minimum atomic E-state index is -0.948. The van der Waals surface area contributed by atoms with Gasteiger partial charge >= 0.3 is 5.97 Å². The standard InChI is InChI=1S/C26H28F2N2O3S/c1-34-26-24(21-13-20(27)11-12-22(21)28)25(19-5-3-2-4-6-19)30(29-26)14-17-7-9-18(10-8-17)15-33-16-23(31)32/h2-6,11-13,17-18H,7-10,14-16H2,1H3,(H,31,32). The van der Waals surface area contributed by atoms with Crippen molar-refractivity contribution in [3.8, 4) is 22.4 Å². The summed E-state index contributed by atoms with van der Waals surface area (Å²) in [4.78, 5) is 10.7. The van der Waals surface area contributed by atoms with Crippen LogP contribution in [-0.4, -0.2) is 40.3 Å². The summed E-state index contributed by atoms with van der Waals surface area (Å²) < 4.78 is 36.2. The van der Waals surface area contributed by atoms with E-state index in [0.717, 1.165) is 49.1 Å². The van der Waals surface area contributed by atoms with Crippen LogP contribution in [0, 0.1) is 23.5 Å². The maximum Gasteiger partial charge on any atom is 0.329 e. The zero-order valence-corrected chi connectivity index (χ0v) is 19.9. The molecule has 0 radical (unpaired) electrons. The molecule has 0 atom stereocenters. The Kier molecular flexibility index (Phi) is 8.00. The van der Waals surface area contributed by atoms with Gasteiger partial charge in [-0.05, 0) is 62.0 Å². The van der Waals surface area contributed by atoms with Gasteiger partial charge in [0.25, 0.3) is 0 Å². The first-order valence-electron chi connectivity index (χ1n) is 11.4. The van der Waals surface area contributed by atoms with Crippen LogP contribution in [-0.2, 0) is 16.1 Å². The van der Waals surface area contributed by atoms with Crippen molar-refractivity contribution in [3.05, 3.63) is 60.2 Å². The molecule has 0 bridgehead atoms. The van der Waals surface area contributed by atoms with E-state index in [9.17, 15) is 13.6 Å². The van der Waals surface area contributed by atoms with Crippen LogP contribution in [0.25, 0.3) is 22.4 Å². The van der Waals surface area contributed by atoms with E-state index in [0.29, 0.717) is 35.6 Å². The molecule has 8 heteroatoms. The second-order valence-electron chi connectivity index (χ2n) is 8.70. The fraction of sp³-hybridized carbons (Fsp3) is 0.385. The number of rotatable bonds is 9. The molecule has 1 aliphatic rings. The molecule has 1 aliphatic carbocycles. The van der Waals surface area contributed by atoms with Gasteiger partial charge in [0.1, 0.15) is 23.3 Å². The number of ether oxygens (including phenoxy) is 1. The lowest BCUT2D eigenvalue weighted by Crippen LogP contribution is -2.23. The first-order valence-corrected chi connectivity index (χ1v) is 12.6. The molecule has 0 spiro atoms. The van der Waals surface area contributed by atoms with Crippen LogP contribution in [0.1, 0.15) is 25.7 Å². The summed E-state index contributed by atoms with van der Waals surface area (Å²) in [5, 5.41) is 14.2. The molecule has 1 heterocycles. The van der Waals surface area contributed by atoms with E-state index < -0.39 is 17.6 Å². The number of thioether (sulfide) groups is 1. The number of aromatic nitrogens is 2. The quantitative estimate of drug-likeness (QED) is 0.369. The number of carboxylic acids is 1. The molecule has 1 fully saturated rings. The number of aliphatic carboxylic acids is 1. The average molecular weight is 487 g/mol. The number of hydrogen-bond donors (Lipinski definition) is 1. The van der Waals surface area contributed by atoms with E-state index in [1.807, 2.05) is 41.3 Å². The Labute approximate surface area is 202 Å². The first-order chi connectivity index (χ1) is 16.5. The Hall–Kier alpha value is -2.71. The van der Waals surface area contributed by atoms with Crippen LogP contribution in [0.3, 0.4) is 0 Å². The summed E-state index contributed by atoms with van der Waals surface area (Å²) >= 11 is 1.42.